The summed E-state index contributed by atoms with van der Waals surface area (Å²) < 4.78 is 5.98. The smallest absolute Gasteiger partial charge is 0.317 e. The quantitative estimate of drug-likeness (QED) is 0.895. The van der Waals surface area contributed by atoms with Crippen molar-refractivity contribution in [3.05, 3.63) is 60.2 Å². The number of amides is 2. The predicted octanol–water partition coefficient (Wildman–Crippen LogP) is 3.51. The molecule has 1 aliphatic heterocycles. The molecule has 0 spiro atoms. The number of urea groups is 1. The van der Waals surface area contributed by atoms with Gasteiger partial charge in [0.1, 0.15) is 11.9 Å². The van der Waals surface area contributed by atoms with Crippen molar-refractivity contribution in [2.75, 3.05) is 32.1 Å². The van der Waals surface area contributed by atoms with Crippen LogP contribution in [-0.2, 0) is 6.54 Å². The van der Waals surface area contributed by atoms with Crippen LogP contribution in [0.5, 0.6) is 5.75 Å². The Kier molecular flexibility index (Phi) is 6.00. The monoisotopic (exact) mass is 353 g/mol. The molecule has 2 aromatic carbocycles. The van der Waals surface area contributed by atoms with Gasteiger partial charge in [0.15, 0.2) is 0 Å². The van der Waals surface area contributed by atoms with Gasteiger partial charge in [-0.2, -0.15) is 0 Å². The van der Waals surface area contributed by atoms with Crippen LogP contribution >= 0.6 is 0 Å². The van der Waals surface area contributed by atoms with Crippen LogP contribution in [0.4, 0.5) is 10.5 Å². The highest BCUT2D eigenvalue weighted by Crippen LogP contribution is 2.19. The minimum atomic E-state index is -0.000141. The van der Waals surface area contributed by atoms with Crippen LogP contribution in [0.2, 0.25) is 0 Å². The molecule has 0 aliphatic carbocycles. The SMILES string of the molecule is CN(C)c1ccc(CNC(=O)N2CCC(Oc3ccccc3)CC2)cc1. The average molecular weight is 353 g/mol. The summed E-state index contributed by atoms with van der Waals surface area (Å²) in [5.74, 6) is 0.900. The Morgan fingerprint density at radius 3 is 2.35 bits per heavy atom. The number of ether oxygens (including phenoxy) is 1. The van der Waals surface area contributed by atoms with Crippen molar-refractivity contribution in [1.82, 2.24) is 10.2 Å². The van der Waals surface area contributed by atoms with Crippen molar-refractivity contribution in [2.24, 2.45) is 0 Å². The van der Waals surface area contributed by atoms with E-state index in [9.17, 15) is 4.79 Å². The largest absolute Gasteiger partial charge is 0.490 e. The van der Waals surface area contributed by atoms with Gasteiger partial charge in [-0.05, 0) is 29.8 Å². The predicted molar refractivity (Wildman–Crippen MR) is 105 cm³/mol. The molecule has 138 valence electrons. The van der Waals surface area contributed by atoms with E-state index in [1.165, 1.54) is 0 Å². The fourth-order valence-electron chi connectivity index (χ4n) is 3.07. The molecule has 0 bridgehead atoms. The Morgan fingerprint density at radius 1 is 1.08 bits per heavy atom. The van der Waals surface area contributed by atoms with E-state index >= 15 is 0 Å². The average Bonchev–Trinajstić information content (AvgIpc) is 2.68. The van der Waals surface area contributed by atoms with Crippen molar-refractivity contribution in [3.63, 3.8) is 0 Å². The fourth-order valence-corrected chi connectivity index (χ4v) is 3.07. The van der Waals surface area contributed by atoms with Crippen LogP contribution in [0.1, 0.15) is 18.4 Å². The number of rotatable bonds is 5. The molecule has 0 radical (unpaired) electrons. The molecule has 2 aromatic rings. The minimum absolute atomic E-state index is 0.000141. The molecule has 0 saturated carbocycles. The van der Waals surface area contributed by atoms with Gasteiger partial charge >= 0.3 is 6.03 Å². The number of nitrogens with one attached hydrogen (secondary N) is 1. The van der Waals surface area contributed by atoms with Crippen molar-refractivity contribution in [3.8, 4) is 5.75 Å². The normalized spacial score (nSPS) is 14.8. The number of hydrogen-bond donors (Lipinski definition) is 1. The van der Waals surface area contributed by atoms with E-state index in [1.54, 1.807) is 0 Å². The van der Waals surface area contributed by atoms with Crippen molar-refractivity contribution in [1.29, 1.82) is 0 Å². The topological polar surface area (TPSA) is 44.8 Å². The molecule has 5 nitrogen and oxygen atoms in total. The van der Waals surface area contributed by atoms with E-state index in [0.29, 0.717) is 6.54 Å². The van der Waals surface area contributed by atoms with E-state index in [1.807, 2.05) is 49.3 Å². The van der Waals surface area contributed by atoms with Crippen molar-refractivity contribution in [2.45, 2.75) is 25.5 Å². The number of piperidine rings is 1. The van der Waals surface area contributed by atoms with Gasteiger partial charge in [-0.25, -0.2) is 4.79 Å². The lowest BCUT2D eigenvalue weighted by Gasteiger charge is -2.32. The summed E-state index contributed by atoms with van der Waals surface area (Å²) in [4.78, 5) is 16.3. The Morgan fingerprint density at radius 2 is 1.73 bits per heavy atom. The third kappa shape index (κ3) is 4.91. The summed E-state index contributed by atoms with van der Waals surface area (Å²) in [6.07, 6.45) is 1.90. The minimum Gasteiger partial charge on any atom is -0.490 e. The van der Waals surface area contributed by atoms with Gasteiger partial charge < -0.3 is 19.9 Å². The molecular weight excluding hydrogens is 326 g/mol. The number of hydrogen-bond acceptors (Lipinski definition) is 3. The van der Waals surface area contributed by atoms with Crippen molar-refractivity contribution < 1.29 is 9.53 Å². The summed E-state index contributed by atoms with van der Waals surface area (Å²) in [6.45, 7) is 2.00. The van der Waals surface area contributed by atoms with Gasteiger partial charge in [-0.1, -0.05) is 30.3 Å². The maximum atomic E-state index is 12.4. The van der Waals surface area contributed by atoms with Gasteiger partial charge in [0, 0.05) is 52.3 Å². The van der Waals surface area contributed by atoms with E-state index in [2.05, 4.69) is 34.5 Å². The first-order valence-electron chi connectivity index (χ1n) is 9.12. The van der Waals surface area contributed by atoms with Crippen LogP contribution in [0.3, 0.4) is 0 Å². The Labute approximate surface area is 155 Å². The maximum Gasteiger partial charge on any atom is 0.317 e. The first-order valence-corrected chi connectivity index (χ1v) is 9.12. The molecule has 1 aliphatic rings. The van der Waals surface area contributed by atoms with E-state index in [-0.39, 0.29) is 12.1 Å². The molecule has 0 atom stereocenters. The molecule has 1 saturated heterocycles. The van der Waals surface area contributed by atoms with Gasteiger partial charge in [0.25, 0.3) is 0 Å². The molecule has 1 N–H and O–H groups in total. The number of carbonyl (C=O) groups is 1. The zero-order valence-electron chi connectivity index (χ0n) is 15.5. The zero-order valence-corrected chi connectivity index (χ0v) is 15.5. The number of carbonyl (C=O) groups excluding carboxylic acids is 1. The summed E-state index contributed by atoms with van der Waals surface area (Å²) in [5.41, 5.74) is 2.26. The third-order valence-corrected chi connectivity index (χ3v) is 4.67. The number of likely N-dealkylation sites (tertiary alicyclic amines) is 1. The highest BCUT2D eigenvalue weighted by molar-refractivity contribution is 5.74. The summed E-state index contributed by atoms with van der Waals surface area (Å²) >= 11 is 0. The molecule has 3 rings (SSSR count). The number of benzene rings is 2. The summed E-state index contributed by atoms with van der Waals surface area (Å²) in [7, 11) is 4.03. The molecule has 2 amide bonds. The van der Waals surface area contributed by atoms with Crippen LogP contribution in [0, 0.1) is 0 Å². The number of anilines is 1. The summed E-state index contributed by atoms with van der Waals surface area (Å²) in [5, 5.41) is 3.01. The van der Waals surface area contributed by atoms with Gasteiger partial charge in [-0.15, -0.1) is 0 Å². The van der Waals surface area contributed by atoms with Crippen LogP contribution in [0.15, 0.2) is 54.6 Å². The lowest BCUT2D eigenvalue weighted by molar-refractivity contribution is 0.111. The van der Waals surface area contributed by atoms with Gasteiger partial charge in [0.05, 0.1) is 0 Å². The molecule has 0 aromatic heterocycles. The van der Waals surface area contributed by atoms with Crippen LogP contribution in [-0.4, -0.2) is 44.2 Å². The Balaban J connectivity index is 1.42. The Bertz CT molecular complexity index is 693. The standard InChI is InChI=1S/C21H27N3O2/c1-23(2)18-10-8-17(9-11-18)16-22-21(25)24-14-12-20(13-15-24)26-19-6-4-3-5-7-19/h3-11,20H,12-16H2,1-2H3,(H,22,25). The zero-order chi connectivity index (χ0) is 18.4. The second-order valence-corrected chi connectivity index (χ2v) is 6.84. The van der Waals surface area contributed by atoms with Gasteiger partial charge in [0.2, 0.25) is 0 Å². The van der Waals surface area contributed by atoms with Gasteiger partial charge in [-0.3, -0.25) is 0 Å². The number of nitrogens with zero attached hydrogens (tertiary/aromatic N) is 2. The lowest BCUT2D eigenvalue weighted by Crippen LogP contribution is -2.46. The Hall–Kier alpha value is -2.69. The lowest BCUT2D eigenvalue weighted by atomic mass is 10.1. The molecular formula is C21H27N3O2. The third-order valence-electron chi connectivity index (χ3n) is 4.67. The maximum absolute atomic E-state index is 12.4. The molecule has 5 heteroatoms. The highest BCUT2D eigenvalue weighted by Gasteiger charge is 2.23. The van der Waals surface area contributed by atoms with E-state index in [4.69, 9.17) is 4.74 Å². The second kappa shape index (κ2) is 8.61. The first kappa shape index (κ1) is 18.1. The second-order valence-electron chi connectivity index (χ2n) is 6.84. The van der Waals surface area contributed by atoms with E-state index < -0.39 is 0 Å². The number of para-hydroxylation sites is 1. The van der Waals surface area contributed by atoms with E-state index in [0.717, 1.165) is 42.9 Å². The van der Waals surface area contributed by atoms with Crippen molar-refractivity contribution >= 4 is 11.7 Å². The first-order chi connectivity index (χ1) is 12.6. The molecule has 1 heterocycles. The summed E-state index contributed by atoms with van der Waals surface area (Å²) in [6, 6.07) is 18.1. The molecule has 1 fully saturated rings. The molecule has 0 unspecified atom stereocenters. The fraction of sp³-hybridized carbons (Fsp3) is 0.381. The highest BCUT2D eigenvalue weighted by atomic mass is 16.5. The molecule has 26 heavy (non-hydrogen) atoms. The van der Waals surface area contributed by atoms with Crippen LogP contribution < -0.4 is 15.0 Å². The van der Waals surface area contributed by atoms with Crippen LogP contribution in [0.25, 0.3) is 0 Å².